The SMILES string of the molecule is CC[C@H](N)C(=O)N(CC)Cc1ccccc1. The van der Waals surface area contributed by atoms with E-state index >= 15 is 0 Å². The van der Waals surface area contributed by atoms with E-state index in [0.29, 0.717) is 19.5 Å². The summed E-state index contributed by atoms with van der Waals surface area (Å²) in [5.74, 6) is 0.0360. The molecule has 1 aromatic rings. The van der Waals surface area contributed by atoms with Crippen LogP contribution in [0.3, 0.4) is 0 Å². The smallest absolute Gasteiger partial charge is 0.239 e. The molecule has 0 saturated heterocycles. The Morgan fingerprint density at radius 2 is 1.94 bits per heavy atom. The van der Waals surface area contributed by atoms with Gasteiger partial charge in [-0.1, -0.05) is 37.3 Å². The van der Waals surface area contributed by atoms with Crippen LogP contribution < -0.4 is 5.73 Å². The number of carbonyl (C=O) groups is 1. The molecule has 0 heterocycles. The van der Waals surface area contributed by atoms with Gasteiger partial charge in [-0.05, 0) is 18.9 Å². The van der Waals surface area contributed by atoms with Crippen LogP contribution in [0.15, 0.2) is 30.3 Å². The predicted octanol–water partition coefficient (Wildman–Crippen LogP) is 1.77. The van der Waals surface area contributed by atoms with E-state index in [9.17, 15) is 4.79 Å². The van der Waals surface area contributed by atoms with Crippen LogP contribution in [0.5, 0.6) is 0 Å². The summed E-state index contributed by atoms with van der Waals surface area (Å²) in [6, 6.07) is 9.60. The van der Waals surface area contributed by atoms with Crippen molar-refractivity contribution in [2.24, 2.45) is 5.73 Å². The summed E-state index contributed by atoms with van der Waals surface area (Å²) < 4.78 is 0. The number of nitrogens with zero attached hydrogens (tertiary/aromatic N) is 1. The van der Waals surface area contributed by atoms with Gasteiger partial charge in [0.05, 0.1) is 6.04 Å². The van der Waals surface area contributed by atoms with Crippen molar-refractivity contribution in [2.75, 3.05) is 6.54 Å². The Bertz CT molecular complexity index is 324. The van der Waals surface area contributed by atoms with Crippen LogP contribution >= 0.6 is 0 Å². The van der Waals surface area contributed by atoms with E-state index in [2.05, 4.69) is 0 Å². The van der Waals surface area contributed by atoms with Crippen molar-refractivity contribution in [3.05, 3.63) is 35.9 Å². The first-order chi connectivity index (χ1) is 7.69. The van der Waals surface area contributed by atoms with E-state index in [1.54, 1.807) is 4.90 Å². The van der Waals surface area contributed by atoms with Gasteiger partial charge in [0, 0.05) is 13.1 Å². The molecule has 1 rings (SSSR count). The van der Waals surface area contributed by atoms with E-state index in [1.165, 1.54) is 0 Å². The minimum Gasteiger partial charge on any atom is -0.337 e. The Balaban J connectivity index is 2.66. The highest BCUT2D eigenvalue weighted by Gasteiger charge is 2.17. The third-order valence-electron chi connectivity index (χ3n) is 2.67. The normalized spacial score (nSPS) is 12.2. The van der Waals surface area contributed by atoms with Crippen LogP contribution in [-0.4, -0.2) is 23.4 Å². The number of carbonyl (C=O) groups excluding carboxylic acids is 1. The molecular weight excluding hydrogens is 200 g/mol. The maximum absolute atomic E-state index is 11.9. The average Bonchev–Trinajstić information content (AvgIpc) is 2.35. The molecule has 1 aromatic carbocycles. The van der Waals surface area contributed by atoms with Crippen LogP contribution in [-0.2, 0) is 11.3 Å². The second kappa shape index (κ2) is 6.28. The van der Waals surface area contributed by atoms with Gasteiger partial charge in [-0.25, -0.2) is 0 Å². The molecule has 0 aliphatic carbocycles. The molecule has 3 nitrogen and oxygen atoms in total. The van der Waals surface area contributed by atoms with Crippen molar-refractivity contribution in [3.63, 3.8) is 0 Å². The Hall–Kier alpha value is -1.35. The zero-order valence-electron chi connectivity index (χ0n) is 10.0. The van der Waals surface area contributed by atoms with Crippen molar-refractivity contribution in [2.45, 2.75) is 32.9 Å². The molecule has 0 bridgehead atoms. The molecule has 16 heavy (non-hydrogen) atoms. The molecule has 2 N–H and O–H groups in total. The molecule has 1 atom stereocenters. The van der Waals surface area contributed by atoms with Gasteiger partial charge < -0.3 is 10.6 Å². The van der Waals surface area contributed by atoms with Crippen molar-refractivity contribution in [1.82, 2.24) is 4.90 Å². The number of hydrogen-bond donors (Lipinski definition) is 1. The minimum atomic E-state index is -0.372. The average molecular weight is 220 g/mol. The molecule has 0 aliphatic heterocycles. The van der Waals surface area contributed by atoms with Crippen LogP contribution in [0.1, 0.15) is 25.8 Å². The third kappa shape index (κ3) is 3.35. The number of likely N-dealkylation sites (N-methyl/N-ethyl adjacent to an activating group) is 1. The number of hydrogen-bond acceptors (Lipinski definition) is 2. The summed E-state index contributed by atoms with van der Waals surface area (Å²) >= 11 is 0. The largest absolute Gasteiger partial charge is 0.337 e. The first-order valence-corrected chi connectivity index (χ1v) is 5.77. The van der Waals surface area contributed by atoms with Crippen LogP contribution in [0.2, 0.25) is 0 Å². The van der Waals surface area contributed by atoms with E-state index in [-0.39, 0.29) is 11.9 Å². The van der Waals surface area contributed by atoms with E-state index < -0.39 is 0 Å². The van der Waals surface area contributed by atoms with Crippen molar-refractivity contribution < 1.29 is 4.79 Å². The van der Waals surface area contributed by atoms with Gasteiger partial charge >= 0.3 is 0 Å². The zero-order chi connectivity index (χ0) is 12.0. The van der Waals surface area contributed by atoms with Crippen molar-refractivity contribution in [1.29, 1.82) is 0 Å². The lowest BCUT2D eigenvalue weighted by Gasteiger charge is -2.23. The fraction of sp³-hybridized carbons (Fsp3) is 0.462. The van der Waals surface area contributed by atoms with Gasteiger partial charge in [0.25, 0.3) is 0 Å². The van der Waals surface area contributed by atoms with Crippen molar-refractivity contribution in [3.8, 4) is 0 Å². The van der Waals surface area contributed by atoms with Gasteiger partial charge in [0.2, 0.25) is 5.91 Å². The summed E-state index contributed by atoms with van der Waals surface area (Å²) in [5, 5.41) is 0. The van der Waals surface area contributed by atoms with Crippen molar-refractivity contribution >= 4 is 5.91 Å². The van der Waals surface area contributed by atoms with E-state index in [1.807, 2.05) is 44.2 Å². The van der Waals surface area contributed by atoms with Gasteiger partial charge in [0.1, 0.15) is 0 Å². The van der Waals surface area contributed by atoms with Gasteiger partial charge in [-0.2, -0.15) is 0 Å². The maximum atomic E-state index is 11.9. The first kappa shape index (κ1) is 12.7. The number of amides is 1. The quantitative estimate of drug-likeness (QED) is 0.822. The second-order valence-corrected chi connectivity index (χ2v) is 3.85. The maximum Gasteiger partial charge on any atom is 0.239 e. The molecule has 0 aliphatic rings. The molecule has 0 radical (unpaired) electrons. The molecule has 0 spiro atoms. The summed E-state index contributed by atoms with van der Waals surface area (Å²) in [5.41, 5.74) is 6.90. The topological polar surface area (TPSA) is 46.3 Å². The monoisotopic (exact) mass is 220 g/mol. The highest BCUT2D eigenvalue weighted by atomic mass is 16.2. The number of benzene rings is 1. The zero-order valence-corrected chi connectivity index (χ0v) is 10.0. The molecule has 3 heteroatoms. The highest BCUT2D eigenvalue weighted by Crippen LogP contribution is 2.06. The predicted molar refractivity (Wildman–Crippen MR) is 65.8 cm³/mol. The molecule has 0 aromatic heterocycles. The molecule has 0 unspecified atom stereocenters. The highest BCUT2D eigenvalue weighted by molar-refractivity contribution is 5.81. The third-order valence-corrected chi connectivity index (χ3v) is 2.67. The number of rotatable bonds is 5. The lowest BCUT2D eigenvalue weighted by Crippen LogP contribution is -2.42. The number of nitrogens with two attached hydrogens (primary N) is 1. The Labute approximate surface area is 97.2 Å². The standard InChI is InChI=1S/C13H20N2O/c1-3-12(14)13(16)15(4-2)10-11-8-6-5-7-9-11/h5-9,12H,3-4,10,14H2,1-2H3/t12-/m0/s1. The Morgan fingerprint density at radius 1 is 1.31 bits per heavy atom. The second-order valence-electron chi connectivity index (χ2n) is 3.85. The first-order valence-electron chi connectivity index (χ1n) is 5.77. The summed E-state index contributed by atoms with van der Waals surface area (Å²) in [7, 11) is 0. The summed E-state index contributed by atoms with van der Waals surface area (Å²) in [6.07, 6.45) is 0.685. The van der Waals surface area contributed by atoms with Crippen LogP contribution in [0, 0.1) is 0 Å². The van der Waals surface area contributed by atoms with E-state index in [0.717, 1.165) is 5.56 Å². The lowest BCUT2D eigenvalue weighted by molar-refractivity contribution is -0.133. The summed E-state index contributed by atoms with van der Waals surface area (Å²) in [6.45, 7) is 5.24. The Kier molecular flexibility index (Phi) is 4.99. The summed E-state index contributed by atoms with van der Waals surface area (Å²) in [4.78, 5) is 13.7. The minimum absolute atomic E-state index is 0.0360. The van der Waals surface area contributed by atoms with Crippen LogP contribution in [0.25, 0.3) is 0 Å². The fourth-order valence-electron chi connectivity index (χ4n) is 1.56. The molecule has 0 fully saturated rings. The molecule has 0 saturated carbocycles. The van der Waals surface area contributed by atoms with Gasteiger partial charge in [0.15, 0.2) is 0 Å². The van der Waals surface area contributed by atoms with Crippen LogP contribution in [0.4, 0.5) is 0 Å². The lowest BCUT2D eigenvalue weighted by atomic mass is 10.1. The van der Waals surface area contributed by atoms with Gasteiger partial charge in [-0.15, -0.1) is 0 Å². The van der Waals surface area contributed by atoms with E-state index in [4.69, 9.17) is 5.73 Å². The van der Waals surface area contributed by atoms with Gasteiger partial charge in [-0.3, -0.25) is 4.79 Å². The fourth-order valence-corrected chi connectivity index (χ4v) is 1.56. The molecular formula is C13H20N2O. The molecule has 1 amide bonds. The molecule has 88 valence electrons. The Morgan fingerprint density at radius 3 is 2.44 bits per heavy atom.